The highest BCUT2D eigenvalue weighted by atomic mass is 32.1. The van der Waals surface area contributed by atoms with Crippen molar-refractivity contribution in [3.8, 4) is 10.6 Å². The van der Waals surface area contributed by atoms with E-state index in [2.05, 4.69) is 21.7 Å². The number of aliphatic carboxylic acids is 2. The molecule has 2 aromatic heterocycles. The molecule has 1 saturated carbocycles. The molecule has 3 aromatic rings. The van der Waals surface area contributed by atoms with Gasteiger partial charge in [0, 0.05) is 35.4 Å². The van der Waals surface area contributed by atoms with Crippen molar-refractivity contribution in [3.05, 3.63) is 70.5 Å². The van der Waals surface area contributed by atoms with E-state index < -0.39 is 17.9 Å². The van der Waals surface area contributed by atoms with Crippen molar-refractivity contribution < 1.29 is 24.4 Å². The quantitative estimate of drug-likeness (QED) is 0.307. The molecule has 1 unspecified atom stereocenters. The Labute approximate surface area is 219 Å². The van der Waals surface area contributed by atoms with Crippen LogP contribution in [0.4, 0.5) is 0 Å². The van der Waals surface area contributed by atoms with Crippen LogP contribution in [0.15, 0.2) is 54.3 Å². The molecule has 37 heavy (non-hydrogen) atoms. The predicted molar refractivity (Wildman–Crippen MR) is 144 cm³/mol. The van der Waals surface area contributed by atoms with Crippen LogP contribution < -0.4 is 0 Å². The molecule has 1 aromatic carbocycles. The molecular formula is C29H30N3O4S+. The lowest BCUT2D eigenvalue weighted by atomic mass is 9.87. The average molecular weight is 517 g/mol. The minimum Gasteiger partial charge on any atom is -0.481 e. The molecule has 8 heteroatoms. The first-order valence-electron chi connectivity index (χ1n) is 12.7. The van der Waals surface area contributed by atoms with Crippen molar-refractivity contribution in [1.29, 1.82) is 0 Å². The second-order valence-electron chi connectivity index (χ2n) is 9.79. The third kappa shape index (κ3) is 5.25. The monoisotopic (exact) mass is 516 g/mol. The Morgan fingerprint density at radius 1 is 1.08 bits per heavy atom. The second kappa shape index (κ2) is 10.4. The lowest BCUT2D eigenvalue weighted by Gasteiger charge is -2.20. The molecule has 190 valence electrons. The van der Waals surface area contributed by atoms with Gasteiger partial charge >= 0.3 is 11.9 Å². The molecule has 7 nitrogen and oxygen atoms in total. The number of fused-ring (bicyclic) bond motifs is 1. The lowest BCUT2D eigenvalue weighted by Crippen LogP contribution is -2.31. The highest BCUT2D eigenvalue weighted by Gasteiger charge is 2.40. The van der Waals surface area contributed by atoms with Gasteiger partial charge in [0.2, 0.25) is 0 Å². The molecule has 1 aliphatic carbocycles. The van der Waals surface area contributed by atoms with Crippen molar-refractivity contribution in [2.75, 3.05) is 0 Å². The first-order valence-corrected chi connectivity index (χ1v) is 13.5. The molecule has 0 saturated heterocycles. The number of carboxylic acids is 2. The van der Waals surface area contributed by atoms with E-state index in [9.17, 15) is 19.8 Å². The smallest absolute Gasteiger partial charge is 0.328 e. The molecular weight excluding hydrogens is 486 g/mol. The van der Waals surface area contributed by atoms with Crippen LogP contribution in [0.2, 0.25) is 0 Å². The van der Waals surface area contributed by atoms with Crippen LogP contribution in [0.1, 0.15) is 54.8 Å². The molecule has 0 bridgehead atoms. The number of thiazole rings is 1. The Hall–Kier alpha value is -3.65. The number of allylic oxidation sites excluding steroid dienone is 2. The zero-order valence-electron chi connectivity index (χ0n) is 21.0. The molecule has 5 rings (SSSR count). The maximum absolute atomic E-state index is 11.9. The van der Waals surface area contributed by atoms with Crippen LogP contribution in [0, 0.1) is 19.8 Å². The minimum atomic E-state index is -1.05. The number of hydrogen-bond donors (Lipinski definition) is 2. The molecule has 1 atom stereocenters. The summed E-state index contributed by atoms with van der Waals surface area (Å²) in [7, 11) is 0. The summed E-state index contributed by atoms with van der Waals surface area (Å²) in [6.07, 6.45) is 10.0. The van der Waals surface area contributed by atoms with Gasteiger partial charge in [0.25, 0.3) is 0 Å². The molecule has 2 aliphatic rings. The van der Waals surface area contributed by atoms with Gasteiger partial charge in [-0.05, 0) is 57.0 Å². The van der Waals surface area contributed by atoms with E-state index >= 15 is 0 Å². The largest absolute Gasteiger partial charge is 0.481 e. The van der Waals surface area contributed by atoms with Gasteiger partial charge in [-0.2, -0.15) is 4.58 Å². The Bertz CT molecular complexity index is 1480. The van der Waals surface area contributed by atoms with Crippen molar-refractivity contribution in [2.45, 2.75) is 58.4 Å². The third-order valence-electron chi connectivity index (χ3n) is 7.19. The SMILES string of the molecule is Cc1nc(C)c(-c2ccc3cc(C4=[N+](C5CCCCC5)C=C(/C=C/C(=O)O)C4CC(=O)O)ccc3n2)s1. The van der Waals surface area contributed by atoms with Gasteiger partial charge in [0.1, 0.15) is 0 Å². The normalized spacial score (nSPS) is 18.6. The summed E-state index contributed by atoms with van der Waals surface area (Å²) in [4.78, 5) is 33.6. The molecule has 3 heterocycles. The van der Waals surface area contributed by atoms with Crippen molar-refractivity contribution in [2.24, 2.45) is 5.92 Å². The topological polar surface area (TPSA) is 103 Å². The minimum absolute atomic E-state index is 0.104. The molecule has 0 radical (unpaired) electrons. The summed E-state index contributed by atoms with van der Waals surface area (Å²) in [5.41, 5.74) is 5.32. The van der Waals surface area contributed by atoms with Gasteiger partial charge in [-0.25, -0.2) is 14.8 Å². The Morgan fingerprint density at radius 3 is 2.54 bits per heavy atom. The van der Waals surface area contributed by atoms with Gasteiger partial charge in [0.15, 0.2) is 18.0 Å². The maximum atomic E-state index is 11.9. The summed E-state index contributed by atoms with van der Waals surface area (Å²) >= 11 is 1.63. The maximum Gasteiger partial charge on any atom is 0.328 e. The highest BCUT2D eigenvalue weighted by molar-refractivity contribution is 7.15. The molecule has 2 N–H and O–H groups in total. The zero-order valence-corrected chi connectivity index (χ0v) is 21.8. The third-order valence-corrected chi connectivity index (χ3v) is 8.28. The van der Waals surface area contributed by atoms with E-state index in [1.54, 1.807) is 17.4 Å². The molecule has 0 spiro atoms. The fourth-order valence-corrected chi connectivity index (χ4v) is 6.46. The Balaban J connectivity index is 1.60. The lowest BCUT2D eigenvalue weighted by molar-refractivity contribution is -0.502. The van der Waals surface area contributed by atoms with Crippen LogP contribution in [-0.2, 0) is 9.59 Å². The number of pyridine rings is 1. The number of rotatable bonds is 7. The van der Waals surface area contributed by atoms with Crippen molar-refractivity contribution in [1.82, 2.24) is 9.97 Å². The molecule has 1 fully saturated rings. The predicted octanol–water partition coefficient (Wildman–Crippen LogP) is 5.74. The van der Waals surface area contributed by atoms with Crippen molar-refractivity contribution >= 4 is 39.9 Å². The van der Waals surface area contributed by atoms with E-state index in [-0.39, 0.29) is 12.5 Å². The van der Waals surface area contributed by atoms with Gasteiger partial charge < -0.3 is 10.2 Å². The fourth-order valence-electron chi connectivity index (χ4n) is 5.57. The van der Waals surface area contributed by atoms with Crippen LogP contribution in [-0.4, -0.2) is 48.4 Å². The number of nitrogens with zero attached hydrogens (tertiary/aromatic N) is 3. The zero-order chi connectivity index (χ0) is 26.1. The summed E-state index contributed by atoms with van der Waals surface area (Å²) in [5, 5.41) is 21.0. The summed E-state index contributed by atoms with van der Waals surface area (Å²) in [6, 6.07) is 10.4. The second-order valence-corrected chi connectivity index (χ2v) is 11.0. The molecule has 0 amide bonds. The van der Waals surface area contributed by atoms with E-state index in [0.29, 0.717) is 0 Å². The van der Waals surface area contributed by atoms with E-state index in [1.807, 2.05) is 38.2 Å². The number of aryl methyl sites for hydroxylation is 2. The van der Waals surface area contributed by atoms with Crippen LogP contribution in [0.5, 0.6) is 0 Å². The highest BCUT2D eigenvalue weighted by Crippen LogP contribution is 2.34. The van der Waals surface area contributed by atoms with Crippen LogP contribution in [0.25, 0.3) is 21.5 Å². The summed E-state index contributed by atoms with van der Waals surface area (Å²) in [6.45, 7) is 3.99. The van der Waals surface area contributed by atoms with E-state index in [4.69, 9.17) is 4.98 Å². The fraction of sp³-hybridized carbons (Fsp3) is 0.345. The van der Waals surface area contributed by atoms with E-state index in [0.717, 1.165) is 80.8 Å². The van der Waals surface area contributed by atoms with Crippen LogP contribution >= 0.6 is 11.3 Å². The Morgan fingerprint density at radius 2 is 1.86 bits per heavy atom. The first-order chi connectivity index (χ1) is 17.8. The van der Waals surface area contributed by atoms with Gasteiger partial charge in [-0.1, -0.05) is 12.5 Å². The summed E-state index contributed by atoms with van der Waals surface area (Å²) < 4.78 is 2.22. The van der Waals surface area contributed by atoms with Gasteiger partial charge in [0.05, 0.1) is 39.1 Å². The van der Waals surface area contributed by atoms with E-state index in [1.165, 1.54) is 6.42 Å². The summed E-state index contributed by atoms with van der Waals surface area (Å²) in [5.74, 6) is -2.39. The number of carbonyl (C=O) groups is 2. The first kappa shape index (κ1) is 25.0. The van der Waals surface area contributed by atoms with Crippen LogP contribution in [0.3, 0.4) is 0 Å². The number of aromatic nitrogens is 2. The average Bonchev–Trinajstić information content (AvgIpc) is 3.40. The standard InChI is InChI=1S/C29H29N3O4S/c1-17-29(37-18(2)30-17)25-12-8-19-14-20(9-11-24(19)31-25)28-23(15-27(35)36)21(10-13-26(33)34)16-32(28)22-6-4-3-5-7-22/h8-14,16,22-23H,3-7,15H2,1-2H3,(H-,33,34,35,36)/p+1/b13-10+. The Kier molecular flexibility index (Phi) is 7.02. The number of carboxylic acid groups (broad SMARTS) is 2. The molecule has 1 aliphatic heterocycles. The van der Waals surface area contributed by atoms with Gasteiger partial charge in [-0.15, -0.1) is 11.3 Å². The number of hydrogen-bond acceptors (Lipinski definition) is 5. The van der Waals surface area contributed by atoms with Gasteiger partial charge in [-0.3, -0.25) is 4.79 Å². The number of benzene rings is 1. The van der Waals surface area contributed by atoms with Crippen molar-refractivity contribution in [3.63, 3.8) is 0 Å².